The number of esters is 1. The van der Waals surface area contributed by atoms with Crippen LogP contribution in [0.1, 0.15) is 64.7 Å². The molecule has 0 spiro atoms. The summed E-state index contributed by atoms with van der Waals surface area (Å²) in [6, 6.07) is 9.39. The Hall–Kier alpha value is -2.93. The summed E-state index contributed by atoms with van der Waals surface area (Å²) in [6.07, 6.45) is 1.42. The molecule has 32 heavy (non-hydrogen) atoms. The first-order valence-electron chi connectivity index (χ1n) is 10.5. The molecule has 6 nitrogen and oxygen atoms in total. The zero-order valence-corrected chi connectivity index (χ0v) is 20.2. The largest absolute Gasteiger partial charge is 0.460 e. The SMILES string of the molecule is CC(C)(C)OC(=O)CCC(=O)c1csc(-c2cn(C(=O)OC(C)(C)C)c3ccccc23)c1. The number of hydrogen-bond donors (Lipinski definition) is 0. The van der Waals surface area contributed by atoms with Crippen LogP contribution in [0.3, 0.4) is 0 Å². The number of Topliss-reactive ketones (excluding diaryl/α,β-unsaturated/α-hetero) is 1. The van der Waals surface area contributed by atoms with Gasteiger partial charge < -0.3 is 9.47 Å². The molecule has 3 rings (SSSR count). The Bertz CT molecular complexity index is 1160. The lowest BCUT2D eigenvalue weighted by atomic mass is 10.1. The van der Waals surface area contributed by atoms with E-state index in [4.69, 9.17) is 9.47 Å². The maximum atomic E-state index is 12.7. The average molecular weight is 456 g/mol. The molecule has 0 radical (unpaired) electrons. The fraction of sp³-hybridized carbons (Fsp3) is 0.400. The molecule has 1 aromatic carbocycles. The summed E-state index contributed by atoms with van der Waals surface area (Å²) in [6.45, 7) is 10.9. The predicted molar refractivity (Wildman–Crippen MR) is 126 cm³/mol. The van der Waals surface area contributed by atoms with Crippen LogP contribution in [0.4, 0.5) is 4.79 Å². The quantitative estimate of drug-likeness (QED) is 0.326. The zero-order chi connectivity index (χ0) is 23.7. The lowest BCUT2D eigenvalue weighted by Crippen LogP contribution is -2.26. The van der Waals surface area contributed by atoms with Crippen molar-refractivity contribution in [3.63, 3.8) is 0 Å². The number of thiophene rings is 1. The zero-order valence-electron chi connectivity index (χ0n) is 19.4. The summed E-state index contributed by atoms with van der Waals surface area (Å²) in [7, 11) is 0. The molecule has 0 fully saturated rings. The van der Waals surface area contributed by atoms with E-state index in [0.717, 1.165) is 21.3 Å². The van der Waals surface area contributed by atoms with E-state index >= 15 is 0 Å². The number of aromatic nitrogens is 1. The Labute approximate surface area is 192 Å². The van der Waals surface area contributed by atoms with Gasteiger partial charge in [-0.1, -0.05) is 18.2 Å². The smallest absolute Gasteiger partial charge is 0.419 e. The predicted octanol–water partition coefficient (Wildman–Crippen LogP) is 6.46. The van der Waals surface area contributed by atoms with Crippen molar-refractivity contribution < 1.29 is 23.9 Å². The van der Waals surface area contributed by atoms with E-state index in [9.17, 15) is 14.4 Å². The first kappa shape index (κ1) is 23.7. The van der Waals surface area contributed by atoms with Crippen LogP contribution < -0.4 is 0 Å². The second-order valence-electron chi connectivity index (χ2n) is 9.62. The molecule has 0 aliphatic carbocycles. The molecule has 170 valence electrons. The van der Waals surface area contributed by atoms with Crippen LogP contribution in [0.5, 0.6) is 0 Å². The summed E-state index contributed by atoms with van der Waals surface area (Å²) in [5.41, 5.74) is 0.949. The van der Waals surface area contributed by atoms with E-state index in [0.29, 0.717) is 5.56 Å². The first-order chi connectivity index (χ1) is 14.8. The van der Waals surface area contributed by atoms with Crippen LogP contribution in [0.2, 0.25) is 0 Å². The molecule has 0 atom stereocenters. The number of fused-ring (bicyclic) bond motifs is 1. The minimum atomic E-state index is -0.612. The summed E-state index contributed by atoms with van der Waals surface area (Å²) >= 11 is 1.43. The third-order valence-corrected chi connectivity index (χ3v) is 5.43. The molecule has 0 unspecified atom stereocenters. The number of ketones is 1. The van der Waals surface area contributed by atoms with Gasteiger partial charge in [-0.3, -0.25) is 14.2 Å². The Balaban J connectivity index is 1.83. The highest BCUT2D eigenvalue weighted by atomic mass is 32.1. The summed E-state index contributed by atoms with van der Waals surface area (Å²) in [5.74, 6) is -0.504. The van der Waals surface area contributed by atoms with Gasteiger partial charge in [0.2, 0.25) is 0 Å². The third-order valence-electron chi connectivity index (χ3n) is 4.47. The van der Waals surface area contributed by atoms with E-state index in [-0.39, 0.29) is 24.6 Å². The van der Waals surface area contributed by atoms with Crippen LogP contribution in [0, 0.1) is 0 Å². The molecule has 0 bridgehead atoms. The molecule has 0 saturated heterocycles. The number of hydrogen-bond acceptors (Lipinski definition) is 6. The van der Waals surface area contributed by atoms with Crippen LogP contribution in [-0.4, -0.2) is 33.6 Å². The van der Waals surface area contributed by atoms with Gasteiger partial charge in [-0.2, -0.15) is 0 Å². The van der Waals surface area contributed by atoms with Gasteiger partial charge in [-0.05, 0) is 53.7 Å². The van der Waals surface area contributed by atoms with Crippen molar-refractivity contribution >= 4 is 40.1 Å². The fourth-order valence-corrected chi connectivity index (χ4v) is 4.15. The Kier molecular flexibility index (Phi) is 6.60. The molecular weight excluding hydrogens is 426 g/mol. The molecule has 0 aliphatic rings. The summed E-state index contributed by atoms with van der Waals surface area (Å²) in [4.78, 5) is 38.1. The van der Waals surface area contributed by atoms with Crippen LogP contribution in [0.25, 0.3) is 21.3 Å². The van der Waals surface area contributed by atoms with E-state index in [2.05, 4.69) is 0 Å². The van der Waals surface area contributed by atoms with E-state index < -0.39 is 17.3 Å². The van der Waals surface area contributed by atoms with Crippen molar-refractivity contribution in [1.29, 1.82) is 0 Å². The number of benzene rings is 1. The molecule has 0 amide bonds. The highest BCUT2D eigenvalue weighted by Gasteiger charge is 2.22. The van der Waals surface area contributed by atoms with Gasteiger partial charge in [0.15, 0.2) is 5.78 Å². The van der Waals surface area contributed by atoms with Crippen LogP contribution in [0.15, 0.2) is 41.9 Å². The maximum absolute atomic E-state index is 12.7. The number of para-hydroxylation sites is 1. The van der Waals surface area contributed by atoms with Crippen molar-refractivity contribution in [3.8, 4) is 10.4 Å². The Morgan fingerprint density at radius 3 is 2.25 bits per heavy atom. The van der Waals surface area contributed by atoms with Crippen molar-refractivity contribution in [2.24, 2.45) is 0 Å². The third kappa shape index (κ3) is 5.85. The Morgan fingerprint density at radius 2 is 1.59 bits per heavy atom. The van der Waals surface area contributed by atoms with Gasteiger partial charge in [-0.25, -0.2) is 4.79 Å². The van der Waals surface area contributed by atoms with Gasteiger partial charge in [0, 0.05) is 39.4 Å². The number of nitrogens with zero attached hydrogens (tertiary/aromatic N) is 1. The molecule has 0 saturated carbocycles. The topological polar surface area (TPSA) is 74.6 Å². The maximum Gasteiger partial charge on any atom is 0.419 e. The van der Waals surface area contributed by atoms with Gasteiger partial charge in [0.25, 0.3) is 0 Å². The number of carbonyl (C=O) groups excluding carboxylic acids is 3. The fourth-order valence-electron chi connectivity index (χ4n) is 3.21. The number of rotatable bonds is 5. The molecule has 3 aromatic rings. The normalized spacial score (nSPS) is 12.1. The molecule has 2 aromatic heterocycles. The highest BCUT2D eigenvalue weighted by molar-refractivity contribution is 7.14. The molecular formula is C25H29NO5S. The highest BCUT2D eigenvalue weighted by Crippen LogP contribution is 2.35. The molecule has 2 heterocycles. The summed E-state index contributed by atoms with van der Waals surface area (Å²) < 4.78 is 12.3. The van der Waals surface area contributed by atoms with Crippen molar-refractivity contribution in [1.82, 2.24) is 4.57 Å². The average Bonchev–Trinajstić information content (AvgIpc) is 3.28. The molecule has 0 aliphatic heterocycles. The standard InChI is InChI=1S/C25H29NO5S/c1-24(2,3)30-22(28)12-11-20(27)16-13-21(32-15-16)18-14-26(23(29)31-25(4,5)6)19-10-8-7-9-17(18)19/h7-10,13-15H,11-12H2,1-6H3. The van der Waals surface area contributed by atoms with Gasteiger partial charge in [-0.15, -0.1) is 11.3 Å². The lowest BCUT2D eigenvalue weighted by molar-refractivity contribution is -0.154. The van der Waals surface area contributed by atoms with E-state index in [1.807, 2.05) is 51.1 Å². The van der Waals surface area contributed by atoms with E-state index in [1.54, 1.807) is 32.3 Å². The van der Waals surface area contributed by atoms with Gasteiger partial charge in [0.05, 0.1) is 11.9 Å². The lowest BCUT2D eigenvalue weighted by Gasteiger charge is -2.19. The van der Waals surface area contributed by atoms with Crippen molar-refractivity contribution in [2.75, 3.05) is 0 Å². The monoisotopic (exact) mass is 455 g/mol. The van der Waals surface area contributed by atoms with E-state index in [1.165, 1.54) is 15.9 Å². The van der Waals surface area contributed by atoms with Gasteiger partial charge in [0.1, 0.15) is 11.2 Å². The second-order valence-corrected chi connectivity index (χ2v) is 10.5. The van der Waals surface area contributed by atoms with Crippen LogP contribution >= 0.6 is 11.3 Å². The number of carbonyl (C=O) groups is 3. The van der Waals surface area contributed by atoms with Crippen molar-refractivity contribution in [3.05, 3.63) is 47.5 Å². The first-order valence-corrected chi connectivity index (χ1v) is 11.4. The minimum Gasteiger partial charge on any atom is -0.460 e. The molecule has 0 N–H and O–H groups in total. The number of ether oxygens (including phenoxy) is 2. The summed E-state index contributed by atoms with van der Waals surface area (Å²) in [5, 5.41) is 2.68. The minimum absolute atomic E-state index is 0.0409. The molecule has 7 heteroatoms. The van der Waals surface area contributed by atoms with Gasteiger partial charge >= 0.3 is 12.1 Å². The van der Waals surface area contributed by atoms with Crippen LogP contribution in [-0.2, 0) is 14.3 Å². The second kappa shape index (κ2) is 8.90. The van der Waals surface area contributed by atoms with Crippen molar-refractivity contribution in [2.45, 2.75) is 65.6 Å². The Morgan fingerprint density at radius 1 is 0.938 bits per heavy atom.